The number of carbonyl (C=O) groups excluding carboxylic acids is 1. The van der Waals surface area contributed by atoms with E-state index < -0.39 is 11.7 Å². The third-order valence-electron chi connectivity index (χ3n) is 4.87. The van der Waals surface area contributed by atoms with Crippen LogP contribution in [0.5, 0.6) is 11.5 Å². The van der Waals surface area contributed by atoms with Gasteiger partial charge >= 0.3 is 0 Å². The highest BCUT2D eigenvalue weighted by Gasteiger charge is 2.15. The zero-order valence-corrected chi connectivity index (χ0v) is 18.7. The largest absolute Gasteiger partial charge is 0.497 e. The Morgan fingerprint density at radius 3 is 2.76 bits per heavy atom. The third kappa shape index (κ3) is 5.53. The number of benzene rings is 2. The van der Waals surface area contributed by atoms with Gasteiger partial charge in [0.25, 0.3) is 5.91 Å². The number of amides is 1. The van der Waals surface area contributed by atoms with Crippen molar-refractivity contribution in [3.8, 4) is 11.5 Å². The molecule has 9 heteroatoms. The molecule has 7 nitrogen and oxygen atoms in total. The van der Waals surface area contributed by atoms with Gasteiger partial charge < -0.3 is 19.2 Å². The summed E-state index contributed by atoms with van der Waals surface area (Å²) in [6, 6.07) is 16.4. The average molecular weight is 470 g/mol. The molecule has 2 aromatic carbocycles. The number of hydrogen-bond donors (Lipinski definition) is 1. The monoisotopic (exact) mass is 469 g/mol. The number of nitrogens with one attached hydrogen (secondary N) is 1. The number of halogens is 2. The highest BCUT2D eigenvalue weighted by molar-refractivity contribution is 6.31. The van der Waals surface area contributed by atoms with E-state index in [1.807, 2.05) is 19.1 Å². The lowest BCUT2D eigenvalue weighted by Crippen LogP contribution is -2.12. The zero-order valence-electron chi connectivity index (χ0n) is 18.0. The lowest BCUT2D eigenvalue weighted by Gasteiger charge is -2.07. The second kappa shape index (κ2) is 9.79. The molecular weight excluding hydrogens is 449 g/mol. The van der Waals surface area contributed by atoms with Gasteiger partial charge in [-0.3, -0.25) is 9.48 Å². The van der Waals surface area contributed by atoms with Gasteiger partial charge in [-0.2, -0.15) is 5.10 Å². The van der Waals surface area contributed by atoms with Crippen LogP contribution >= 0.6 is 11.6 Å². The first-order valence-electron chi connectivity index (χ1n) is 10.1. The normalized spacial score (nSPS) is 10.8. The minimum atomic E-state index is -0.438. The van der Waals surface area contributed by atoms with Gasteiger partial charge in [-0.25, -0.2) is 4.39 Å². The van der Waals surface area contributed by atoms with E-state index in [2.05, 4.69) is 10.4 Å². The molecule has 0 radical (unpaired) electrons. The summed E-state index contributed by atoms with van der Waals surface area (Å²) >= 11 is 6.11. The molecule has 33 heavy (non-hydrogen) atoms. The van der Waals surface area contributed by atoms with Gasteiger partial charge in [0.15, 0.2) is 11.6 Å². The molecule has 0 unspecified atom stereocenters. The summed E-state index contributed by atoms with van der Waals surface area (Å²) in [7, 11) is 1.58. The molecular formula is C24H21ClFN3O4. The number of nitrogens with zero attached hydrogens (tertiary/aromatic N) is 2. The first kappa shape index (κ1) is 22.4. The Hall–Kier alpha value is -3.78. The molecule has 0 aliphatic heterocycles. The first-order valence-corrected chi connectivity index (χ1v) is 10.4. The van der Waals surface area contributed by atoms with E-state index in [0.717, 1.165) is 5.69 Å². The van der Waals surface area contributed by atoms with Crippen LogP contribution < -0.4 is 14.8 Å². The molecule has 170 valence electrons. The Bertz CT molecular complexity index is 1280. The number of ether oxygens (including phenoxy) is 2. The molecule has 0 bridgehead atoms. The number of hydrogen-bond acceptors (Lipinski definition) is 5. The summed E-state index contributed by atoms with van der Waals surface area (Å²) in [5.41, 5.74) is 1.52. The average Bonchev–Trinajstić information content (AvgIpc) is 3.41. The number of anilines is 1. The van der Waals surface area contributed by atoms with E-state index in [4.69, 9.17) is 25.5 Å². The number of aromatic nitrogens is 2. The molecule has 1 N–H and O–H groups in total. The maximum absolute atomic E-state index is 13.3. The SMILES string of the molecule is COc1cccc(OCc2ccc(C(=O)Nc3cc(C)n(Cc4ccc(F)cc4Cl)n3)o2)c1. The highest BCUT2D eigenvalue weighted by atomic mass is 35.5. The second-order valence-electron chi connectivity index (χ2n) is 7.25. The summed E-state index contributed by atoms with van der Waals surface area (Å²) in [6.45, 7) is 2.35. The summed E-state index contributed by atoms with van der Waals surface area (Å²) < 4.78 is 31.4. The van der Waals surface area contributed by atoms with Gasteiger partial charge in [0.1, 0.15) is 29.7 Å². The van der Waals surface area contributed by atoms with Crippen LogP contribution in [0, 0.1) is 12.7 Å². The summed E-state index contributed by atoms with van der Waals surface area (Å²) in [5.74, 6) is 1.46. The van der Waals surface area contributed by atoms with Crippen molar-refractivity contribution in [3.05, 3.63) is 94.3 Å². The molecule has 0 atom stereocenters. The van der Waals surface area contributed by atoms with Gasteiger partial charge in [0, 0.05) is 22.8 Å². The van der Waals surface area contributed by atoms with Crippen molar-refractivity contribution in [2.24, 2.45) is 0 Å². The molecule has 0 aliphatic rings. The zero-order chi connectivity index (χ0) is 23.4. The number of carbonyl (C=O) groups is 1. The Balaban J connectivity index is 1.37. The molecule has 0 aliphatic carbocycles. The minimum Gasteiger partial charge on any atom is -0.497 e. The predicted octanol–water partition coefficient (Wildman–Crippen LogP) is 5.47. The highest BCUT2D eigenvalue weighted by Crippen LogP contribution is 2.22. The van der Waals surface area contributed by atoms with Crippen molar-refractivity contribution in [2.45, 2.75) is 20.1 Å². The van der Waals surface area contributed by atoms with Crippen LogP contribution in [0.15, 0.2) is 65.1 Å². The summed E-state index contributed by atoms with van der Waals surface area (Å²) in [4.78, 5) is 12.6. The topological polar surface area (TPSA) is 78.5 Å². The van der Waals surface area contributed by atoms with Crippen LogP contribution in [-0.4, -0.2) is 22.8 Å². The van der Waals surface area contributed by atoms with E-state index in [-0.39, 0.29) is 12.4 Å². The molecule has 0 fully saturated rings. The lowest BCUT2D eigenvalue weighted by molar-refractivity contribution is 0.0992. The van der Waals surface area contributed by atoms with Crippen molar-refractivity contribution in [3.63, 3.8) is 0 Å². The number of methoxy groups -OCH3 is 1. The fourth-order valence-electron chi connectivity index (χ4n) is 3.14. The minimum absolute atomic E-state index is 0.132. The standard InChI is InChI=1S/C24H21ClFN3O4/c1-15-10-23(28-29(15)13-16-6-7-17(26)11-21(16)25)27-24(30)22-9-8-20(33-22)14-32-19-5-3-4-18(12-19)31-2/h3-12H,13-14H2,1-2H3,(H,27,28,30). The number of furan rings is 1. The quantitative estimate of drug-likeness (QED) is 0.370. The smallest absolute Gasteiger partial charge is 0.292 e. The first-order chi connectivity index (χ1) is 15.9. The van der Waals surface area contributed by atoms with Crippen molar-refractivity contribution in [1.82, 2.24) is 9.78 Å². The van der Waals surface area contributed by atoms with Gasteiger partial charge in [-0.1, -0.05) is 23.7 Å². The Kier molecular flexibility index (Phi) is 6.65. The van der Waals surface area contributed by atoms with Crippen molar-refractivity contribution in [1.29, 1.82) is 0 Å². The maximum Gasteiger partial charge on any atom is 0.292 e. The second-order valence-corrected chi connectivity index (χ2v) is 7.66. The number of rotatable bonds is 8. The Morgan fingerprint density at radius 1 is 1.15 bits per heavy atom. The molecule has 1 amide bonds. The fourth-order valence-corrected chi connectivity index (χ4v) is 3.37. The van der Waals surface area contributed by atoms with Gasteiger partial charge in [-0.15, -0.1) is 0 Å². The van der Waals surface area contributed by atoms with E-state index in [9.17, 15) is 9.18 Å². The van der Waals surface area contributed by atoms with Crippen molar-refractivity contribution >= 4 is 23.3 Å². The van der Waals surface area contributed by atoms with Crippen LogP contribution in [0.1, 0.15) is 27.6 Å². The number of aryl methyl sites for hydroxylation is 1. The van der Waals surface area contributed by atoms with E-state index in [1.54, 1.807) is 48.2 Å². The van der Waals surface area contributed by atoms with Crippen LogP contribution in [0.4, 0.5) is 10.2 Å². The summed E-state index contributed by atoms with van der Waals surface area (Å²) in [5, 5.41) is 7.42. The van der Waals surface area contributed by atoms with Crippen LogP contribution in [0.3, 0.4) is 0 Å². The van der Waals surface area contributed by atoms with Crippen LogP contribution in [0.2, 0.25) is 5.02 Å². The molecule has 4 aromatic rings. The van der Waals surface area contributed by atoms with E-state index in [0.29, 0.717) is 40.2 Å². The Labute approximate surface area is 194 Å². The van der Waals surface area contributed by atoms with E-state index >= 15 is 0 Å². The molecule has 0 spiro atoms. The summed E-state index contributed by atoms with van der Waals surface area (Å²) in [6.07, 6.45) is 0. The lowest BCUT2D eigenvalue weighted by atomic mass is 10.2. The van der Waals surface area contributed by atoms with Gasteiger partial charge in [0.05, 0.1) is 13.7 Å². The fraction of sp³-hybridized carbons (Fsp3) is 0.167. The van der Waals surface area contributed by atoms with Crippen LogP contribution in [0.25, 0.3) is 0 Å². The Morgan fingerprint density at radius 2 is 1.97 bits per heavy atom. The van der Waals surface area contributed by atoms with Crippen molar-refractivity contribution < 1.29 is 23.1 Å². The van der Waals surface area contributed by atoms with Gasteiger partial charge in [0.2, 0.25) is 0 Å². The maximum atomic E-state index is 13.3. The molecule has 4 rings (SSSR count). The molecule has 2 aromatic heterocycles. The van der Waals surface area contributed by atoms with Crippen molar-refractivity contribution in [2.75, 3.05) is 12.4 Å². The van der Waals surface area contributed by atoms with E-state index in [1.165, 1.54) is 12.1 Å². The van der Waals surface area contributed by atoms with Crippen LogP contribution in [-0.2, 0) is 13.2 Å². The molecule has 2 heterocycles. The molecule has 0 saturated carbocycles. The predicted molar refractivity (Wildman–Crippen MR) is 121 cm³/mol. The third-order valence-corrected chi connectivity index (χ3v) is 5.22. The van der Waals surface area contributed by atoms with Gasteiger partial charge in [-0.05, 0) is 48.9 Å². The molecule has 0 saturated heterocycles.